The molecule has 0 bridgehead atoms. The predicted molar refractivity (Wildman–Crippen MR) is 116 cm³/mol. The van der Waals surface area contributed by atoms with E-state index in [1.165, 1.54) is 0 Å². The molecule has 0 aliphatic carbocycles. The highest BCUT2D eigenvalue weighted by molar-refractivity contribution is 6.04. The SMILES string of the molecule is CCOc1cc(C(=O)Nc2ccc3ccccc3n2)ccc1OCc1cccnc1. The molecule has 0 aliphatic heterocycles. The van der Waals surface area contributed by atoms with Crippen LogP contribution in [0.4, 0.5) is 5.82 Å². The van der Waals surface area contributed by atoms with Gasteiger partial charge in [0.25, 0.3) is 5.91 Å². The Morgan fingerprint density at radius 2 is 1.87 bits per heavy atom. The van der Waals surface area contributed by atoms with Crippen LogP contribution in [-0.2, 0) is 6.61 Å². The van der Waals surface area contributed by atoms with Gasteiger partial charge in [0.05, 0.1) is 12.1 Å². The van der Waals surface area contributed by atoms with Gasteiger partial charge in [-0.3, -0.25) is 9.78 Å². The van der Waals surface area contributed by atoms with E-state index >= 15 is 0 Å². The van der Waals surface area contributed by atoms with Crippen molar-refractivity contribution in [3.8, 4) is 11.5 Å². The van der Waals surface area contributed by atoms with Crippen molar-refractivity contribution in [1.82, 2.24) is 9.97 Å². The fourth-order valence-electron chi connectivity index (χ4n) is 3.01. The number of hydrogen-bond donors (Lipinski definition) is 1. The molecule has 1 amide bonds. The Hall–Kier alpha value is -3.93. The van der Waals surface area contributed by atoms with E-state index in [0.29, 0.717) is 36.1 Å². The first-order chi connectivity index (χ1) is 14.7. The lowest BCUT2D eigenvalue weighted by atomic mass is 10.2. The van der Waals surface area contributed by atoms with Crippen LogP contribution < -0.4 is 14.8 Å². The van der Waals surface area contributed by atoms with Gasteiger partial charge in [0.2, 0.25) is 0 Å². The van der Waals surface area contributed by atoms with Crippen molar-refractivity contribution >= 4 is 22.6 Å². The van der Waals surface area contributed by atoms with E-state index in [9.17, 15) is 4.79 Å². The molecule has 2 aromatic heterocycles. The number of carbonyl (C=O) groups excluding carboxylic acids is 1. The Kier molecular flexibility index (Phi) is 5.85. The minimum absolute atomic E-state index is 0.266. The van der Waals surface area contributed by atoms with Gasteiger partial charge in [-0.05, 0) is 49.4 Å². The number of pyridine rings is 2. The van der Waals surface area contributed by atoms with Crippen molar-refractivity contribution in [3.05, 3.63) is 90.3 Å². The van der Waals surface area contributed by atoms with Crippen LogP contribution in [0, 0.1) is 0 Å². The molecule has 4 aromatic rings. The molecule has 6 nitrogen and oxygen atoms in total. The van der Waals surface area contributed by atoms with Crippen LogP contribution in [0.5, 0.6) is 11.5 Å². The molecule has 0 radical (unpaired) electrons. The number of nitrogens with zero attached hydrogens (tertiary/aromatic N) is 2. The molecule has 2 aromatic carbocycles. The summed E-state index contributed by atoms with van der Waals surface area (Å²) in [4.78, 5) is 21.3. The fraction of sp³-hybridized carbons (Fsp3) is 0.125. The minimum Gasteiger partial charge on any atom is -0.490 e. The zero-order valence-electron chi connectivity index (χ0n) is 16.5. The molecular weight excluding hydrogens is 378 g/mol. The monoisotopic (exact) mass is 399 g/mol. The van der Waals surface area contributed by atoms with E-state index in [4.69, 9.17) is 9.47 Å². The second kappa shape index (κ2) is 9.05. The van der Waals surface area contributed by atoms with Crippen LogP contribution in [0.1, 0.15) is 22.8 Å². The number of fused-ring (bicyclic) bond motifs is 1. The zero-order chi connectivity index (χ0) is 20.8. The van der Waals surface area contributed by atoms with Crippen molar-refractivity contribution in [3.63, 3.8) is 0 Å². The normalized spacial score (nSPS) is 10.6. The molecule has 0 spiro atoms. The molecule has 4 rings (SSSR count). The van der Waals surface area contributed by atoms with E-state index in [-0.39, 0.29) is 5.91 Å². The first-order valence-electron chi connectivity index (χ1n) is 9.68. The average Bonchev–Trinajstić information content (AvgIpc) is 2.79. The number of hydrogen-bond acceptors (Lipinski definition) is 5. The summed E-state index contributed by atoms with van der Waals surface area (Å²) >= 11 is 0. The highest BCUT2D eigenvalue weighted by Crippen LogP contribution is 2.29. The van der Waals surface area contributed by atoms with Crippen LogP contribution in [0.15, 0.2) is 79.1 Å². The number of aromatic nitrogens is 2. The number of anilines is 1. The van der Waals surface area contributed by atoms with Gasteiger partial charge in [0.1, 0.15) is 12.4 Å². The molecule has 0 unspecified atom stereocenters. The highest BCUT2D eigenvalue weighted by atomic mass is 16.5. The molecule has 0 aliphatic rings. The number of nitrogens with one attached hydrogen (secondary N) is 1. The van der Waals surface area contributed by atoms with Gasteiger partial charge in [0.15, 0.2) is 11.5 Å². The third-order valence-electron chi connectivity index (χ3n) is 4.46. The molecule has 0 saturated carbocycles. The third kappa shape index (κ3) is 4.55. The summed E-state index contributed by atoms with van der Waals surface area (Å²) in [6.45, 7) is 2.71. The Morgan fingerprint density at radius 3 is 2.70 bits per heavy atom. The number of benzene rings is 2. The quantitative estimate of drug-likeness (QED) is 0.480. The number of para-hydroxylation sites is 1. The number of amides is 1. The predicted octanol–water partition coefficient (Wildman–Crippen LogP) is 4.86. The summed E-state index contributed by atoms with van der Waals surface area (Å²) in [5.41, 5.74) is 2.23. The Balaban J connectivity index is 1.51. The van der Waals surface area contributed by atoms with Crippen molar-refractivity contribution in [1.29, 1.82) is 0 Å². The van der Waals surface area contributed by atoms with Crippen LogP contribution in [0.25, 0.3) is 10.9 Å². The van der Waals surface area contributed by atoms with E-state index in [2.05, 4.69) is 15.3 Å². The molecule has 0 fully saturated rings. The summed E-state index contributed by atoms with van der Waals surface area (Å²) in [6.07, 6.45) is 3.46. The molecule has 1 N–H and O–H groups in total. The number of rotatable bonds is 7. The van der Waals surface area contributed by atoms with Gasteiger partial charge in [0, 0.05) is 28.9 Å². The summed E-state index contributed by atoms with van der Waals surface area (Å²) in [6, 6.07) is 20.4. The summed E-state index contributed by atoms with van der Waals surface area (Å²) in [7, 11) is 0. The van der Waals surface area contributed by atoms with Gasteiger partial charge >= 0.3 is 0 Å². The zero-order valence-corrected chi connectivity index (χ0v) is 16.5. The Morgan fingerprint density at radius 1 is 0.967 bits per heavy atom. The third-order valence-corrected chi connectivity index (χ3v) is 4.46. The molecule has 0 atom stereocenters. The number of ether oxygens (including phenoxy) is 2. The lowest BCUT2D eigenvalue weighted by molar-refractivity contribution is 0.102. The molecule has 30 heavy (non-hydrogen) atoms. The maximum absolute atomic E-state index is 12.7. The van der Waals surface area contributed by atoms with Crippen LogP contribution in [-0.4, -0.2) is 22.5 Å². The fourth-order valence-corrected chi connectivity index (χ4v) is 3.01. The Bertz CT molecular complexity index is 1160. The van der Waals surface area contributed by atoms with Gasteiger partial charge in [-0.2, -0.15) is 0 Å². The summed E-state index contributed by atoms with van der Waals surface area (Å²) in [5.74, 6) is 1.31. The van der Waals surface area contributed by atoms with Gasteiger partial charge < -0.3 is 14.8 Å². The topological polar surface area (TPSA) is 73.3 Å². The van der Waals surface area contributed by atoms with Gasteiger partial charge in [-0.15, -0.1) is 0 Å². The first-order valence-corrected chi connectivity index (χ1v) is 9.68. The average molecular weight is 399 g/mol. The first kappa shape index (κ1) is 19.4. The summed E-state index contributed by atoms with van der Waals surface area (Å²) in [5, 5.41) is 3.86. The molecule has 2 heterocycles. The van der Waals surface area contributed by atoms with Crippen molar-refractivity contribution in [2.45, 2.75) is 13.5 Å². The van der Waals surface area contributed by atoms with E-state index < -0.39 is 0 Å². The molecule has 0 saturated heterocycles. The Labute approximate surface area is 174 Å². The van der Waals surface area contributed by atoms with Crippen LogP contribution in [0.3, 0.4) is 0 Å². The molecule has 150 valence electrons. The van der Waals surface area contributed by atoms with Crippen molar-refractivity contribution in [2.75, 3.05) is 11.9 Å². The van der Waals surface area contributed by atoms with Crippen molar-refractivity contribution in [2.24, 2.45) is 0 Å². The lowest BCUT2D eigenvalue weighted by Gasteiger charge is -2.13. The maximum Gasteiger partial charge on any atom is 0.256 e. The summed E-state index contributed by atoms with van der Waals surface area (Å²) < 4.78 is 11.6. The van der Waals surface area contributed by atoms with Crippen LogP contribution >= 0.6 is 0 Å². The maximum atomic E-state index is 12.7. The standard InChI is InChI=1S/C24H21N3O3/c1-2-29-22-14-19(9-11-21(22)30-16-17-6-5-13-25-15-17)24(28)27-23-12-10-18-7-3-4-8-20(18)26-23/h3-15H,2,16H2,1H3,(H,26,27,28). The van der Waals surface area contributed by atoms with E-state index in [0.717, 1.165) is 16.5 Å². The van der Waals surface area contributed by atoms with Crippen LogP contribution in [0.2, 0.25) is 0 Å². The lowest BCUT2D eigenvalue weighted by Crippen LogP contribution is -2.13. The van der Waals surface area contributed by atoms with Gasteiger partial charge in [-0.1, -0.05) is 24.3 Å². The minimum atomic E-state index is -0.266. The van der Waals surface area contributed by atoms with E-state index in [1.54, 1.807) is 36.7 Å². The van der Waals surface area contributed by atoms with Gasteiger partial charge in [-0.25, -0.2) is 4.98 Å². The van der Waals surface area contributed by atoms with E-state index in [1.807, 2.05) is 49.4 Å². The second-order valence-corrected chi connectivity index (χ2v) is 6.59. The smallest absolute Gasteiger partial charge is 0.256 e. The highest BCUT2D eigenvalue weighted by Gasteiger charge is 2.13. The van der Waals surface area contributed by atoms with Crippen molar-refractivity contribution < 1.29 is 14.3 Å². The largest absolute Gasteiger partial charge is 0.490 e. The molecule has 6 heteroatoms. The second-order valence-electron chi connectivity index (χ2n) is 6.59. The molecular formula is C24H21N3O3. The number of carbonyl (C=O) groups is 1.